The summed E-state index contributed by atoms with van der Waals surface area (Å²) >= 11 is 0. The summed E-state index contributed by atoms with van der Waals surface area (Å²) in [5, 5.41) is 0. The van der Waals surface area contributed by atoms with E-state index in [0.717, 1.165) is 53.2 Å². The van der Waals surface area contributed by atoms with Gasteiger partial charge in [-0.25, -0.2) is 4.98 Å². The van der Waals surface area contributed by atoms with Crippen molar-refractivity contribution < 1.29 is 9.53 Å². The first-order valence-corrected chi connectivity index (χ1v) is 12.9. The molecule has 5 rings (SSSR count). The first kappa shape index (κ1) is 24.1. The van der Waals surface area contributed by atoms with E-state index in [-0.39, 0.29) is 11.8 Å². The van der Waals surface area contributed by atoms with Gasteiger partial charge in [0.1, 0.15) is 11.6 Å². The third-order valence-corrected chi connectivity index (χ3v) is 7.26. The summed E-state index contributed by atoms with van der Waals surface area (Å²) in [7, 11) is 0. The second-order valence-electron chi connectivity index (χ2n) is 10.1. The van der Waals surface area contributed by atoms with E-state index in [9.17, 15) is 4.79 Å². The van der Waals surface area contributed by atoms with Crippen molar-refractivity contribution in [3.8, 4) is 5.75 Å². The smallest absolute Gasteiger partial charge is 0.227 e. The van der Waals surface area contributed by atoms with E-state index in [1.807, 2.05) is 11.0 Å². The fourth-order valence-corrected chi connectivity index (χ4v) is 5.34. The van der Waals surface area contributed by atoms with E-state index in [2.05, 4.69) is 86.9 Å². The molecule has 1 saturated heterocycles. The van der Waals surface area contributed by atoms with Gasteiger partial charge in [-0.15, -0.1) is 0 Å². The van der Waals surface area contributed by atoms with Crippen LogP contribution in [-0.2, 0) is 11.3 Å². The first-order valence-electron chi connectivity index (χ1n) is 12.9. The molecular weight excluding hydrogens is 446 g/mol. The zero-order chi connectivity index (χ0) is 25.2. The second-order valence-corrected chi connectivity index (χ2v) is 10.1. The number of anilines is 1. The van der Waals surface area contributed by atoms with Crippen LogP contribution in [0.5, 0.6) is 5.75 Å². The number of nitrogens with zero attached hydrogens (tertiary/aromatic N) is 3. The number of unbranched alkanes of at least 4 members (excludes halogenated alkanes) is 1. The number of ether oxygens (including phenoxy) is 1. The minimum Gasteiger partial charge on any atom is -0.493 e. The predicted molar refractivity (Wildman–Crippen MR) is 146 cm³/mol. The van der Waals surface area contributed by atoms with Crippen LogP contribution in [-0.4, -0.2) is 28.6 Å². The van der Waals surface area contributed by atoms with Crippen LogP contribution in [0.3, 0.4) is 0 Å². The van der Waals surface area contributed by atoms with Crippen LogP contribution in [0.2, 0.25) is 0 Å². The van der Waals surface area contributed by atoms with Crippen LogP contribution < -0.4 is 9.64 Å². The Morgan fingerprint density at radius 2 is 1.69 bits per heavy atom. The normalized spacial score (nSPS) is 15.7. The molecule has 2 heterocycles. The Kier molecular flexibility index (Phi) is 6.82. The van der Waals surface area contributed by atoms with Crippen LogP contribution in [0, 0.1) is 27.7 Å². The molecule has 1 aromatic heterocycles. The SMILES string of the molecule is Cc1ccc(C)c(N2CC(c3nc4ccccc4n3CCCCOc3c(C)cccc3C)CC2=O)c1. The van der Waals surface area contributed by atoms with Crippen LogP contribution in [0.25, 0.3) is 11.0 Å². The van der Waals surface area contributed by atoms with Crippen LogP contribution in [0.4, 0.5) is 5.69 Å². The minimum atomic E-state index is 0.0793. The number of hydrogen-bond acceptors (Lipinski definition) is 3. The maximum atomic E-state index is 13.1. The fraction of sp³-hybridized carbons (Fsp3) is 0.355. The zero-order valence-electron chi connectivity index (χ0n) is 21.8. The third-order valence-electron chi connectivity index (χ3n) is 7.26. The highest BCUT2D eigenvalue weighted by Crippen LogP contribution is 2.35. The lowest BCUT2D eigenvalue weighted by molar-refractivity contribution is -0.117. The lowest BCUT2D eigenvalue weighted by Gasteiger charge is -2.20. The summed E-state index contributed by atoms with van der Waals surface area (Å²) in [5.74, 6) is 2.28. The summed E-state index contributed by atoms with van der Waals surface area (Å²) in [4.78, 5) is 20.1. The molecule has 5 heteroatoms. The first-order chi connectivity index (χ1) is 17.4. The van der Waals surface area contributed by atoms with Crippen molar-refractivity contribution in [1.82, 2.24) is 9.55 Å². The third kappa shape index (κ3) is 4.75. The molecule has 0 saturated carbocycles. The number of aromatic nitrogens is 2. The van der Waals surface area contributed by atoms with Crippen molar-refractivity contribution in [2.75, 3.05) is 18.1 Å². The molecule has 1 atom stereocenters. The largest absolute Gasteiger partial charge is 0.493 e. The Hall–Kier alpha value is -3.60. The van der Waals surface area contributed by atoms with E-state index in [0.29, 0.717) is 19.6 Å². The van der Waals surface area contributed by atoms with Crippen molar-refractivity contribution >= 4 is 22.6 Å². The lowest BCUT2D eigenvalue weighted by Crippen LogP contribution is -2.25. The van der Waals surface area contributed by atoms with Crippen LogP contribution in [0.15, 0.2) is 60.7 Å². The molecule has 1 aliphatic heterocycles. The summed E-state index contributed by atoms with van der Waals surface area (Å²) in [6.07, 6.45) is 2.43. The predicted octanol–water partition coefficient (Wildman–Crippen LogP) is 6.65. The molecule has 0 radical (unpaired) electrons. The fourth-order valence-electron chi connectivity index (χ4n) is 5.34. The number of fused-ring (bicyclic) bond motifs is 1. The van der Waals surface area contributed by atoms with E-state index >= 15 is 0 Å². The molecule has 0 spiro atoms. The molecule has 36 heavy (non-hydrogen) atoms. The molecule has 186 valence electrons. The average Bonchev–Trinajstić information content (AvgIpc) is 3.42. The Morgan fingerprint density at radius 1 is 0.917 bits per heavy atom. The van der Waals surface area contributed by atoms with Crippen LogP contribution >= 0.6 is 0 Å². The van der Waals surface area contributed by atoms with Crippen LogP contribution in [0.1, 0.15) is 53.3 Å². The van der Waals surface area contributed by atoms with Gasteiger partial charge in [-0.2, -0.15) is 0 Å². The van der Waals surface area contributed by atoms with Gasteiger partial charge >= 0.3 is 0 Å². The van der Waals surface area contributed by atoms with Crippen molar-refractivity contribution in [3.63, 3.8) is 0 Å². The van der Waals surface area contributed by atoms with Gasteiger partial charge in [0.15, 0.2) is 0 Å². The standard InChI is InChI=1S/C31H35N3O2/c1-21-14-15-22(2)28(18-21)34-20-25(19-29(34)35)31-32-26-12-5-6-13-27(26)33(31)16-7-8-17-36-30-23(3)10-9-11-24(30)4/h5-6,9-15,18,25H,7-8,16-17,19-20H2,1-4H3. The van der Waals surface area contributed by atoms with Gasteiger partial charge in [-0.05, 0) is 81.0 Å². The van der Waals surface area contributed by atoms with Gasteiger partial charge in [0.2, 0.25) is 5.91 Å². The molecule has 1 fully saturated rings. The van der Waals surface area contributed by atoms with Gasteiger partial charge in [0.05, 0.1) is 17.6 Å². The molecule has 1 unspecified atom stereocenters. The highest BCUT2D eigenvalue weighted by molar-refractivity contribution is 5.97. The number of para-hydroxylation sites is 3. The molecule has 4 aromatic rings. The molecule has 0 bridgehead atoms. The Balaban J connectivity index is 1.32. The number of hydrogen-bond donors (Lipinski definition) is 0. The zero-order valence-corrected chi connectivity index (χ0v) is 21.8. The van der Waals surface area contributed by atoms with E-state index in [1.54, 1.807) is 0 Å². The summed E-state index contributed by atoms with van der Waals surface area (Å²) in [6, 6.07) is 20.9. The number of carbonyl (C=O) groups excluding carboxylic acids is 1. The number of benzene rings is 3. The maximum Gasteiger partial charge on any atom is 0.227 e. The molecule has 1 amide bonds. The van der Waals surface area contributed by atoms with E-state index in [1.165, 1.54) is 16.7 Å². The van der Waals surface area contributed by atoms with Crippen molar-refractivity contribution in [2.24, 2.45) is 0 Å². The molecule has 1 aliphatic rings. The molecule has 0 aliphatic carbocycles. The highest BCUT2D eigenvalue weighted by atomic mass is 16.5. The number of rotatable bonds is 8. The Labute approximate surface area is 213 Å². The molecule has 0 N–H and O–H groups in total. The van der Waals surface area contributed by atoms with Gasteiger partial charge in [0, 0.05) is 31.1 Å². The monoisotopic (exact) mass is 481 g/mol. The Bertz CT molecular complexity index is 1380. The van der Waals surface area contributed by atoms with Gasteiger partial charge in [-0.3, -0.25) is 4.79 Å². The number of imidazole rings is 1. The quantitative estimate of drug-likeness (QED) is 0.265. The number of amides is 1. The topological polar surface area (TPSA) is 47.4 Å². The summed E-state index contributed by atoms with van der Waals surface area (Å²) in [6.45, 7) is 10.6. The molecule has 5 nitrogen and oxygen atoms in total. The van der Waals surface area contributed by atoms with E-state index in [4.69, 9.17) is 9.72 Å². The lowest BCUT2D eigenvalue weighted by atomic mass is 10.1. The minimum absolute atomic E-state index is 0.0793. The summed E-state index contributed by atoms with van der Waals surface area (Å²) in [5.41, 5.74) is 7.81. The Morgan fingerprint density at radius 3 is 2.50 bits per heavy atom. The second kappa shape index (κ2) is 10.2. The van der Waals surface area contributed by atoms with E-state index < -0.39 is 0 Å². The van der Waals surface area contributed by atoms with Gasteiger partial charge in [-0.1, -0.05) is 42.5 Å². The average molecular weight is 482 g/mol. The van der Waals surface area contributed by atoms with Gasteiger partial charge in [0.25, 0.3) is 0 Å². The molecule has 3 aromatic carbocycles. The number of carbonyl (C=O) groups is 1. The van der Waals surface area contributed by atoms with Gasteiger partial charge < -0.3 is 14.2 Å². The highest BCUT2D eigenvalue weighted by Gasteiger charge is 2.35. The van der Waals surface area contributed by atoms with Crippen molar-refractivity contribution in [3.05, 3.63) is 88.7 Å². The van der Waals surface area contributed by atoms with Crippen molar-refractivity contribution in [2.45, 2.75) is 59.4 Å². The summed E-state index contributed by atoms with van der Waals surface area (Å²) < 4.78 is 8.46. The number of aryl methyl sites for hydroxylation is 5. The van der Waals surface area contributed by atoms with Crippen molar-refractivity contribution in [1.29, 1.82) is 0 Å². The molecular formula is C31H35N3O2. The maximum absolute atomic E-state index is 13.1.